The molecule has 0 bridgehead atoms. The van der Waals surface area contributed by atoms with Gasteiger partial charge in [0.2, 0.25) is 15.9 Å². The topological polar surface area (TPSA) is 86.7 Å². The van der Waals surface area contributed by atoms with Crippen molar-refractivity contribution in [1.82, 2.24) is 0 Å². The molecule has 114 valence electrons. The molecule has 1 aromatic rings. The van der Waals surface area contributed by atoms with Crippen molar-refractivity contribution in [2.24, 2.45) is 0 Å². The first-order valence-electron chi connectivity index (χ1n) is 5.82. The number of halogens is 2. The van der Waals surface area contributed by atoms with Crippen LogP contribution in [0.1, 0.15) is 16.8 Å². The molecule has 0 saturated carbocycles. The van der Waals surface area contributed by atoms with Gasteiger partial charge in [-0.15, -0.1) is 0 Å². The van der Waals surface area contributed by atoms with Gasteiger partial charge < -0.3 is 9.47 Å². The molecule has 1 fully saturated rings. The average Bonchev–Trinajstić information content (AvgIpc) is 2.84. The van der Waals surface area contributed by atoms with Gasteiger partial charge in [0.1, 0.15) is 0 Å². The zero-order valence-electron chi connectivity index (χ0n) is 10.5. The van der Waals surface area contributed by atoms with Gasteiger partial charge in [-0.25, -0.2) is 18.0 Å². The Morgan fingerprint density at radius 1 is 1.29 bits per heavy atom. The predicted octanol–water partition coefficient (Wildman–Crippen LogP) is 1.16. The van der Waals surface area contributed by atoms with Crippen LogP contribution in [0.3, 0.4) is 0 Å². The summed E-state index contributed by atoms with van der Waals surface area (Å²) in [5.74, 6) is -5.05. The number of hydrogen-bond acceptors (Lipinski definition) is 6. The first kappa shape index (κ1) is 15.4. The molecule has 21 heavy (non-hydrogen) atoms. The third-order valence-corrected chi connectivity index (χ3v) is 4.19. The van der Waals surface area contributed by atoms with Gasteiger partial charge in [0.05, 0.1) is 17.1 Å². The van der Waals surface area contributed by atoms with Gasteiger partial charge in [0.25, 0.3) is 0 Å². The average molecular weight is 320 g/mol. The van der Waals surface area contributed by atoms with Crippen molar-refractivity contribution in [2.45, 2.75) is 23.2 Å². The number of carbonyl (C=O) groups excluding carboxylic acids is 2. The van der Waals surface area contributed by atoms with Crippen molar-refractivity contribution in [3.63, 3.8) is 0 Å². The summed E-state index contributed by atoms with van der Waals surface area (Å²) >= 11 is 0. The van der Waals surface area contributed by atoms with Crippen LogP contribution in [0, 0.1) is 0 Å². The lowest BCUT2D eigenvalue weighted by Gasteiger charge is -2.09. The molecule has 0 spiro atoms. The fourth-order valence-electron chi connectivity index (χ4n) is 1.67. The zero-order valence-corrected chi connectivity index (χ0v) is 11.3. The Morgan fingerprint density at radius 3 is 2.38 bits per heavy atom. The molecule has 1 atom stereocenters. The molecule has 0 radical (unpaired) electrons. The smallest absolute Gasteiger partial charge is 0.347 e. The first-order chi connectivity index (χ1) is 9.82. The first-order valence-corrected chi connectivity index (χ1v) is 7.37. The molecular formula is C12H10F2O6S. The number of ether oxygens (including phenoxy) is 2. The van der Waals surface area contributed by atoms with E-state index in [1.54, 1.807) is 0 Å². The third kappa shape index (κ3) is 3.18. The van der Waals surface area contributed by atoms with Crippen LogP contribution in [0.5, 0.6) is 0 Å². The second kappa shape index (κ2) is 5.76. The van der Waals surface area contributed by atoms with Gasteiger partial charge in [0, 0.05) is 6.42 Å². The standard InChI is InChI=1S/C12H10F2O6S/c13-12(14)21(17,18)8-3-1-7(2-4-8)10(15)20-9-5-6-19-11(9)16/h1-4,9,12H,5-6H2/t9-/m0/s1. The number of alkyl halides is 2. The maximum Gasteiger partial charge on any atom is 0.347 e. The molecule has 1 aliphatic rings. The van der Waals surface area contributed by atoms with E-state index in [1.165, 1.54) is 0 Å². The Balaban J connectivity index is 2.12. The van der Waals surface area contributed by atoms with E-state index in [-0.39, 0.29) is 18.6 Å². The lowest BCUT2D eigenvalue weighted by molar-refractivity contribution is -0.145. The van der Waals surface area contributed by atoms with Crippen LogP contribution in [0.4, 0.5) is 8.78 Å². The Kier molecular flexibility index (Phi) is 4.21. The molecule has 0 amide bonds. The molecule has 1 heterocycles. The van der Waals surface area contributed by atoms with E-state index < -0.39 is 38.5 Å². The van der Waals surface area contributed by atoms with Crippen LogP contribution in [0.2, 0.25) is 0 Å². The summed E-state index contributed by atoms with van der Waals surface area (Å²) in [5.41, 5.74) is -0.0529. The maximum absolute atomic E-state index is 12.3. The van der Waals surface area contributed by atoms with Crippen molar-refractivity contribution >= 4 is 21.8 Å². The minimum Gasteiger partial charge on any atom is -0.463 e. The number of rotatable bonds is 4. The highest BCUT2D eigenvalue weighted by atomic mass is 32.2. The fourth-order valence-corrected chi connectivity index (χ4v) is 2.39. The molecule has 1 saturated heterocycles. The molecule has 0 aromatic heterocycles. The Bertz CT molecular complexity index is 653. The van der Waals surface area contributed by atoms with E-state index in [0.717, 1.165) is 24.3 Å². The number of carbonyl (C=O) groups is 2. The van der Waals surface area contributed by atoms with Crippen molar-refractivity contribution in [1.29, 1.82) is 0 Å². The number of esters is 2. The van der Waals surface area contributed by atoms with Crippen LogP contribution < -0.4 is 0 Å². The summed E-state index contributed by atoms with van der Waals surface area (Å²) in [6, 6.07) is 3.84. The zero-order chi connectivity index (χ0) is 15.6. The number of benzene rings is 1. The third-order valence-electron chi connectivity index (χ3n) is 2.79. The highest BCUT2D eigenvalue weighted by Gasteiger charge is 2.31. The molecular weight excluding hydrogens is 310 g/mol. The molecule has 0 unspecified atom stereocenters. The van der Waals surface area contributed by atoms with Gasteiger partial charge in [-0.3, -0.25) is 0 Å². The fraction of sp³-hybridized carbons (Fsp3) is 0.333. The second-order valence-electron chi connectivity index (χ2n) is 4.18. The molecule has 1 aliphatic heterocycles. The summed E-state index contributed by atoms with van der Waals surface area (Å²) < 4.78 is 56.6. The summed E-state index contributed by atoms with van der Waals surface area (Å²) in [6.45, 7) is 0.155. The van der Waals surface area contributed by atoms with Crippen LogP contribution in [-0.2, 0) is 24.1 Å². The monoisotopic (exact) mass is 320 g/mol. The number of hydrogen-bond donors (Lipinski definition) is 0. The number of cyclic esters (lactones) is 1. The Morgan fingerprint density at radius 2 is 1.90 bits per heavy atom. The maximum atomic E-state index is 12.3. The van der Waals surface area contributed by atoms with Crippen molar-refractivity contribution in [3.8, 4) is 0 Å². The van der Waals surface area contributed by atoms with Gasteiger partial charge in [-0.1, -0.05) is 0 Å². The summed E-state index contributed by atoms with van der Waals surface area (Å²) in [5, 5.41) is 0. The number of sulfone groups is 1. The minimum atomic E-state index is -4.71. The van der Waals surface area contributed by atoms with Gasteiger partial charge in [-0.05, 0) is 24.3 Å². The lowest BCUT2D eigenvalue weighted by atomic mass is 10.2. The van der Waals surface area contributed by atoms with E-state index in [1.807, 2.05) is 0 Å². The van der Waals surface area contributed by atoms with E-state index in [4.69, 9.17) is 4.74 Å². The normalized spacial score (nSPS) is 18.6. The Hall–Kier alpha value is -2.03. The molecule has 0 N–H and O–H groups in total. The summed E-state index contributed by atoms with van der Waals surface area (Å²) in [7, 11) is -4.71. The molecule has 2 rings (SSSR count). The molecule has 6 nitrogen and oxygen atoms in total. The van der Waals surface area contributed by atoms with Crippen LogP contribution in [-0.4, -0.2) is 38.8 Å². The lowest BCUT2D eigenvalue weighted by Crippen LogP contribution is -2.22. The molecule has 0 aliphatic carbocycles. The van der Waals surface area contributed by atoms with E-state index in [0.29, 0.717) is 0 Å². The van der Waals surface area contributed by atoms with Gasteiger partial charge >= 0.3 is 17.7 Å². The van der Waals surface area contributed by atoms with Gasteiger partial charge in [0.15, 0.2) is 0 Å². The van der Waals surface area contributed by atoms with E-state index >= 15 is 0 Å². The largest absolute Gasteiger partial charge is 0.463 e. The van der Waals surface area contributed by atoms with Crippen LogP contribution >= 0.6 is 0 Å². The molecule has 1 aromatic carbocycles. The van der Waals surface area contributed by atoms with E-state index in [2.05, 4.69) is 4.74 Å². The Labute approximate surface area is 118 Å². The summed E-state index contributed by atoms with van der Waals surface area (Å²) in [6.07, 6.45) is -0.760. The van der Waals surface area contributed by atoms with Crippen molar-refractivity contribution < 1.29 is 36.3 Å². The highest BCUT2D eigenvalue weighted by Crippen LogP contribution is 2.19. The second-order valence-corrected chi connectivity index (χ2v) is 6.10. The quantitative estimate of drug-likeness (QED) is 0.774. The SMILES string of the molecule is O=C(O[C@H]1CCOC1=O)c1ccc(S(=O)(=O)C(F)F)cc1. The van der Waals surface area contributed by atoms with Crippen molar-refractivity contribution in [3.05, 3.63) is 29.8 Å². The summed E-state index contributed by atoms with van der Waals surface area (Å²) in [4.78, 5) is 22.3. The minimum absolute atomic E-state index is 0.0529. The van der Waals surface area contributed by atoms with Crippen LogP contribution in [0.25, 0.3) is 0 Å². The van der Waals surface area contributed by atoms with Crippen LogP contribution in [0.15, 0.2) is 29.2 Å². The van der Waals surface area contributed by atoms with Crippen molar-refractivity contribution in [2.75, 3.05) is 6.61 Å². The molecule has 9 heteroatoms. The highest BCUT2D eigenvalue weighted by molar-refractivity contribution is 7.91. The van der Waals surface area contributed by atoms with Gasteiger partial charge in [-0.2, -0.15) is 8.78 Å². The predicted molar refractivity (Wildman–Crippen MR) is 64.4 cm³/mol. The van der Waals surface area contributed by atoms with E-state index in [9.17, 15) is 26.8 Å².